The molecule has 0 radical (unpaired) electrons. The van der Waals surface area contributed by atoms with Crippen molar-refractivity contribution < 1.29 is 38.0 Å². The van der Waals surface area contributed by atoms with E-state index in [1.165, 1.54) is 39.8 Å². The number of ether oxygens (including phenoxy) is 6. The van der Waals surface area contributed by atoms with Gasteiger partial charge < -0.3 is 33.0 Å². The van der Waals surface area contributed by atoms with Crippen molar-refractivity contribution in [3.05, 3.63) is 34.6 Å². The second-order valence-electron chi connectivity index (χ2n) is 7.16. The number of hydrogen-bond donors (Lipinski definition) is 0. The monoisotopic (exact) mass is 488 g/mol. The van der Waals surface area contributed by atoms with Crippen molar-refractivity contribution in [3.63, 3.8) is 0 Å². The SMILES string of the molecule is COC(=O)CCn1c(=NC(=O)c2cc(OC)c(OC)c(OC)c2)sc2cc3c(cc21)OCCO3. The normalized spacial score (nSPS) is 13.0. The van der Waals surface area contributed by atoms with Crippen molar-refractivity contribution in [2.75, 3.05) is 41.7 Å². The standard InChI is InChI=1S/C23H24N2O8S/c1-28-17-9-13(10-18(29-2)21(17)31-4)22(27)24-23-25(6-5-20(26)30-3)14-11-15-16(12-19(14)34-23)33-8-7-32-15/h9-12H,5-8H2,1-4H3. The third-order valence-corrected chi connectivity index (χ3v) is 6.26. The third kappa shape index (κ3) is 4.51. The van der Waals surface area contributed by atoms with Crippen LogP contribution in [-0.2, 0) is 16.1 Å². The summed E-state index contributed by atoms with van der Waals surface area (Å²) in [6.45, 7) is 1.18. The van der Waals surface area contributed by atoms with Gasteiger partial charge in [0.1, 0.15) is 13.2 Å². The lowest BCUT2D eigenvalue weighted by Crippen LogP contribution is -2.19. The summed E-state index contributed by atoms with van der Waals surface area (Å²) < 4.78 is 34.8. The van der Waals surface area contributed by atoms with Crippen LogP contribution in [0.1, 0.15) is 16.8 Å². The molecule has 2 aromatic carbocycles. The van der Waals surface area contributed by atoms with Crippen LogP contribution in [0.5, 0.6) is 28.7 Å². The number of amides is 1. The summed E-state index contributed by atoms with van der Waals surface area (Å²) in [7, 11) is 5.77. The van der Waals surface area contributed by atoms with Crippen LogP contribution in [0.25, 0.3) is 10.2 Å². The summed E-state index contributed by atoms with van der Waals surface area (Å²) in [6, 6.07) is 6.77. The Labute approximate surface area is 199 Å². The molecule has 1 aliphatic heterocycles. The zero-order valence-corrected chi connectivity index (χ0v) is 20.0. The number of esters is 1. The third-order valence-electron chi connectivity index (χ3n) is 5.22. The summed E-state index contributed by atoms with van der Waals surface area (Å²) >= 11 is 1.31. The van der Waals surface area contributed by atoms with Gasteiger partial charge in [-0.05, 0) is 12.1 Å². The highest BCUT2D eigenvalue weighted by Crippen LogP contribution is 2.38. The molecule has 2 heterocycles. The maximum absolute atomic E-state index is 13.2. The van der Waals surface area contributed by atoms with Crippen molar-refractivity contribution in [2.24, 2.45) is 4.99 Å². The number of carbonyl (C=O) groups is 2. The maximum atomic E-state index is 13.2. The molecular weight excluding hydrogens is 464 g/mol. The summed E-state index contributed by atoms with van der Waals surface area (Å²) in [6.07, 6.45) is 0.113. The number of nitrogens with zero attached hydrogens (tertiary/aromatic N) is 2. The van der Waals surface area contributed by atoms with E-state index >= 15 is 0 Å². The number of aryl methyl sites for hydroxylation is 1. The second-order valence-corrected chi connectivity index (χ2v) is 8.17. The lowest BCUT2D eigenvalue weighted by molar-refractivity contribution is -0.140. The topological polar surface area (TPSA) is 107 Å². The Kier molecular flexibility index (Phi) is 6.92. The fourth-order valence-electron chi connectivity index (χ4n) is 3.57. The van der Waals surface area contributed by atoms with Gasteiger partial charge in [-0.15, -0.1) is 0 Å². The predicted octanol–water partition coefficient (Wildman–Crippen LogP) is 2.80. The fraction of sp³-hybridized carbons (Fsp3) is 0.348. The van der Waals surface area contributed by atoms with E-state index in [1.54, 1.807) is 16.7 Å². The number of methoxy groups -OCH3 is 4. The minimum atomic E-state index is -0.505. The van der Waals surface area contributed by atoms with Gasteiger partial charge in [-0.1, -0.05) is 11.3 Å². The molecule has 1 aliphatic rings. The van der Waals surface area contributed by atoms with Gasteiger partial charge in [-0.3, -0.25) is 9.59 Å². The molecule has 1 amide bonds. The van der Waals surface area contributed by atoms with Gasteiger partial charge >= 0.3 is 5.97 Å². The van der Waals surface area contributed by atoms with Crippen LogP contribution in [0.4, 0.5) is 0 Å². The van der Waals surface area contributed by atoms with Gasteiger partial charge in [0.25, 0.3) is 5.91 Å². The Morgan fingerprint density at radius 2 is 1.62 bits per heavy atom. The second kappa shape index (κ2) is 10.0. The largest absolute Gasteiger partial charge is 0.493 e. The molecule has 0 saturated carbocycles. The number of rotatable bonds is 7. The van der Waals surface area contributed by atoms with Crippen LogP contribution >= 0.6 is 11.3 Å². The maximum Gasteiger partial charge on any atom is 0.307 e. The molecule has 11 heteroatoms. The highest BCUT2D eigenvalue weighted by atomic mass is 32.1. The Morgan fingerprint density at radius 3 is 2.21 bits per heavy atom. The van der Waals surface area contributed by atoms with Gasteiger partial charge in [0, 0.05) is 24.2 Å². The smallest absolute Gasteiger partial charge is 0.307 e. The molecule has 0 unspecified atom stereocenters. The Balaban J connectivity index is 1.83. The number of fused-ring (bicyclic) bond motifs is 2. The molecule has 4 rings (SSSR count). The molecule has 0 aliphatic carbocycles. The van der Waals surface area contributed by atoms with E-state index in [1.807, 2.05) is 12.1 Å². The molecule has 0 N–H and O–H groups in total. The molecule has 34 heavy (non-hydrogen) atoms. The fourth-order valence-corrected chi connectivity index (χ4v) is 4.63. The van der Waals surface area contributed by atoms with Crippen molar-refractivity contribution in [1.29, 1.82) is 0 Å². The van der Waals surface area contributed by atoms with Crippen molar-refractivity contribution in [3.8, 4) is 28.7 Å². The Hall–Kier alpha value is -3.73. The summed E-state index contributed by atoms with van der Waals surface area (Å²) in [5, 5.41) is 0. The first-order valence-electron chi connectivity index (χ1n) is 10.4. The number of hydrogen-bond acceptors (Lipinski definition) is 9. The average molecular weight is 489 g/mol. The predicted molar refractivity (Wildman–Crippen MR) is 123 cm³/mol. The molecule has 180 valence electrons. The van der Waals surface area contributed by atoms with E-state index in [0.717, 1.165) is 10.2 Å². The zero-order valence-electron chi connectivity index (χ0n) is 19.2. The summed E-state index contributed by atoms with van der Waals surface area (Å²) in [5.41, 5.74) is 1.03. The number of aromatic nitrogens is 1. The Morgan fingerprint density at radius 1 is 0.971 bits per heavy atom. The molecule has 0 saturated heterocycles. The van der Waals surface area contributed by atoms with Crippen LogP contribution in [0, 0.1) is 0 Å². The van der Waals surface area contributed by atoms with E-state index in [9.17, 15) is 9.59 Å². The molecule has 0 bridgehead atoms. The molecule has 0 fully saturated rings. The van der Waals surface area contributed by atoms with Crippen LogP contribution in [0.15, 0.2) is 29.3 Å². The molecule has 0 atom stereocenters. The molecular formula is C23H24N2O8S. The summed E-state index contributed by atoms with van der Waals surface area (Å²) in [4.78, 5) is 29.8. The molecule has 0 spiro atoms. The molecule has 1 aromatic heterocycles. The van der Waals surface area contributed by atoms with E-state index in [-0.39, 0.29) is 24.5 Å². The number of benzene rings is 2. The average Bonchev–Trinajstić information content (AvgIpc) is 3.19. The van der Waals surface area contributed by atoms with Crippen LogP contribution in [-0.4, -0.2) is 58.1 Å². The van der Waals surface area contributed by atoms with Gasteiger partial charge in [0.2, 0.25) is 5.75 Å². The van der Waals surface area contributed by atoms with Crippen molar-refractivity contribution in [2.45, 2.75) is 13.0 Å². The van der Waals surface area contributed by atoms with Gasteiger partial charge in [-0.2, -0.15) is 4.99 Å². The molecule has 10 nitrogen and oxygen atoms in total. The Bertz CT molecular complexity index is 1290. The molecule has 3 aromatic rings. The highest BCUT2D eigenvalue weighted by Gasteiger charge is 2.20. The quantitative estimate of drug-likeness (QED) is 0.468. The first kappa shape index (κ1) is 23.4. The van der Waals surface area contributed by atoms with Crippen molar-refractivity contribution in [1.82, 2.24) is 4.57 Å². The van der Waals surface area contributed by atoms with Crippen molar-refractivity contribution >= 4 is 33.4 Å². The van der Waals surface area contributed by atoms with Gasteiger partial charge in [0.15, 0.2) is 27.8 Å². The first-order chi connectivity index (χ1) is 16.5. The lowest BCUT2D eigenvalue weighted by Gasteiger charge is -2.18. The first-order valence-corrected chi connectivity index (χ1v) is 11.2. The minimum Gasteiger partial charge on any atom is -0.493 e. The zero-order chi connectivity index (χ0) is 24.2. The number of thiazole rings is 1. The minimum absolute atomic E-state index is 0.113. The van der Waals surface area contributed by atoms with Crippen LogP contribution in [0.3, 0.4) is 0 Å². The summed E-state index contributed by atoms with van der Waals surface area (Å²) in [5.74, 6) is 1.42. The van der Waals surface area contributed by atoms with E-state index < -0.39 is 5.91 Å². The lowest BCUT2D eigenvalue weighted by atomic mass is 10.1. The van der Waals surface area contributed by atoms with Gasteiger partial charge in [-0.25, -0.2) is 0 Å². The van der Waals surface area contributed by atoms with Gasteiger partial charge in [0.05, 0.1) is 45.1 Å². The number of carbonyl (C=O) groups excluding carboxylic acids is 2. The highest BCUT2D eigenvalue weighted by molar-refractivity contribution is 7.16. The van der Waals surface area contributed by atoms with Crippen LogP contribution in [0.2, 0.25) is 0 Å². The van der Waals surface area contributed by atoms with E-state index in [4.69, 9.17) is 28.4 Å². The van der Waals surface area contributed by atoms with E-state index in [2.05, 4.69) is 4.99 Å². The van der Waals surface area contributed by atoms with E-state index in [0.29, 0.717) is 46.8 Å². The van der Waals surface area contributed by atoms with Crippen LogP contribution < -0.4 is 28.5 Å².